The Labute approximate surface area is 163 Å². The lowest BCUT2D eigenvalue weighted by Gasteiger charge is -2.41. The molecule has 2 aromatic heterocycles. The molecule has 3 heterocycles. The fourth-order valence-electron chi connectivity index (χ4n) is 3.76. The largest absolute Gasteiger partial charge is 0.377 e. The zero-order valence-corrected chi connectivity index (χ0v) is 16.6. The Morgan fingerprint density at radius 2 is 2.00 bits per heavy atom. The van der Waals surface area contributed by atoms with Crippen molar-refractivity contribution < 1.29 is 13.2 Å². The van der Waals surface area contributed by atoms with Crippen molar-refractivity contribution in [1.82, 2.24) is 15.0 Å². The molecule has 2 fully saturated rings. The van der Waals surface area contributed by atoms with E-state index in [1.165, 1.54) is 24.5 Å². The molecule has 0 amide bonds. The predicted octanol–water partition coefficient (Wildman–Crippen LogP) is 2.60. The van der Waals surface area contributed by atoms with Gasteiger partial charge in [0.2, 0.25) is 5.28 Å². The van der Waals surface area contributed by atoms with Gasteiger partial charge >= 0.3 is 0 Å². The van der Waals surface area contributed by atoms with Crippen molar-refractivity contribution in [3.05, 3.63) is 41.6 Å². The van der Waals surface area contributed by atoms with Crippen LogP contribution in [0.4, 0.5) is 5.82 Å². The van der Waals surface area contributed by atoms with Crippen LogP contribution in [0.2, 0.25) is 5.28 Å². The van der Waals surface area contributed by atoms with Gasteiger partial charge in [0, 0.05) is 25.0 Å². The Bertz CT molecular complexity index is 935. The fourth-order valence-corrected chi connectivity index (χ4v) is 6.07. The van der Waals surface area contributed by atoms with E-state index in [1.54, 1.807) is 6.07 Å². The van der Waals surface area contributed by atoms with Crippen LogP contribution in [0.15, 0.2) is 35.5 Å². The van der Waals surface area contributed by atoms with Gasteiger partial charge in [0.05, 0.1) is 29.8 Å². The van der Waals surface area contributed by atoms with Gasteiger partial charge in [-0.1, -0.05) is 0 Å². The molecule has 0 unspecified atom stereocenters. The standard InChI is InChI=1S/C18H21ClN4O3S/c1-13-12-26-10-9-23(13)16-11-15(21-17(19)22-16)18(5-2-6-18)27(24,25)14-3-7-20-8-4-14/h3-4,7-8,11,13H,2,5-6,9-10,12H2,1H3/t13-/m0/s1. The minimum absolute atomic E-state index is 0.0670. The molecular formula is C18H21ClN4O3S. The second-order valence-electron chi connectivity index (χ2n) is 7.03. The number of anilines is 1. The molecule has 27 heavy (non-hydrogen) atoms. The number of pyridine rings is 1. The summed E-state index contributed by atoms with van der Waals surface area (Å²) < 4.78 is 31.3. The number of rotatable bonds is 4. The lowest BCUT2D eigenvalue weighted by atomic mass is 9.81. The third-order valence-corrected chi connectivity index (χ3v) is 8.16. The molecule has 7 nitrogen and oxygen atoms in total. The van der Waals surface area contributed by atoms with E-state index in [1.807, 2.05) is 6.92 Å². The molecule has 1 aliphatic heterocycles. The summed E-state index contributed by atoms with van der Waals surface area (Å²) in [6.07, 6.45) is 4.85. The Morgan fingerprint density at radius 3 is 2.63 bits per heavy atom. The summed E-state index contributed by atoms with van der Waals surface area (Å²) in [6.45, 7) is 3.92. The molecule has 0 spiro atoms. The number of sulfone groups is 1. The molecule has 144 valence electrons. The van der Waals surface area contributed by atoms with Gasteiger partial charge in [-0.25, -0.2) is 18.4 Å². The number of halogens is 1. The van der Waals surface area contributed by atoms with Crippen molar-refractivity contribution in [2.75, 3.05) is 24.7 Å². The second kappa shape index (κ2) is 7.00. The van der Waals surface area contributed by atoms with Crippen LogP contribution in [0, 0.1) is 0 Å². The highest BCUT2D eigenvalue weighted by molar-refractivity contribution is 7.92. The van der Waals surface area contributed by atoms with Crippen LogP contribution < -0.4 is 4.90 Å². The molecule has 0 aromatic carbocycles. The Balaban J connectivity index is 1.79. The topological polar surface area (TPSA) is 85.3 Å². The number of ether oxygens (including phenoxy) is 1. The highest BCUT2D eigenvalue weighted by Crippen LogP contribution is 2.50. The number of morpholine rings is 1. The molecule has 1 atom stereocenters. The van der Waals surface area contributed by atoms with Gasteiger partial charge in [0.25, 0.3) is 0 Å². The minimum atomic E-state index is -3.63. The van der Waals surface area contributed by atoms with Crippen LogP contribution in [-0.4, -0.2) is 49.2 Å². The van der Waals surface area contributed by atoms with E-state index >= 15 is 0 Å². The average molecular weight is 409 g/mol. The summed E-state index contributed by atoms with van der Waals surface area (Å²) in [6, 6.07) is 4.98. The monoisotopic (exact) mass is 408 g/mol. The smallest absolute Gasteiger partial charge is 0.224 e. The first-order valence-corrected chi connectivity index (χ1v) is 10.8. The molecule has 1 aliphatic carbocycles. The normalized spacial score (nSPS) is 22.3. The predicted molar refractivity (Wildman–Crippen MR) is 102 cm³/mol. The van der Waals surface area contributed by atoms with Crippen LogP contribution in [0.1, 0.15) is 31.9 Å². The molecule has 0 N–H and O–H groups in total. The number of hydrogen-bond acceptors (Lipinski definition) is 7. The minimum Gasteiger partial charge on any atom is -0.377 e. The molecule has 2 aliphatic rings. The van der Waals surface area contributed by atoms with Crippen molar-refractivity contribution in [2.24, 2.45) is 0 Å². The average Bonchev–Trinajstić information content (AvgIpc) is 2.61. The first-order valence-electron chi connectivity index (χ1n) is 8.98. The van der Waals surface area contributed by atoms with Gasteiger partial charge in [0.1, 0.15) is 10.6 Å². The highest BCUT2D eigenvalue weighted by atomic mass is 35.5. The van der Waals surface area contributed by atoms with Crippen LogP contribution >= 0.6 is 11.6 Å². The summed E-state index contributed by atoms with van der Waals surface area (Å²) in [7, 11) is -3.63. The molecule has 4 rings (SSSR count). The summed E-state index contributed by atoms with van der Waals surface area (Å²) >= 11 is 6.22. The van der Waals surface area contributed by atoms with E-state index in [4.69, 9.17) is 16.3 Å². The van der Waals surface area contributed by atoms with Crippen LogP contribution in [0.25, 0.3) is 0 Å². The first-order chi connectivity index (χ1) is 12.9. The Morgan fingerprint density at radius 1 is 1.26 bits per heavy atom. The van der Waals surface area contributed by atoms with Crippen LogP contribution in [0.3, 0.4) is 0 Å². The van der Waals surface area contributed by atoms with Crippen molar-refractivity contribution in [3.8, 4) is 0 Å². The van der Waals surface area contributed by atoms with Crippen molar-refractivity contribution >= 4 is 27.3 Å². The van der Waals surface area contributed by atoms with Gasteiger partial charge in [-0.2, -0.15) is 0 Å². The van der Waals surface area contributed by atoms with E-state index in [9.17, 15) is 8.42 Å². The summed E-state index contributed by atoms with van der Waals surface area (Å²) in [4.78, 5) is 15.0. The van der Waals surface area contributed by atoms with Crippen LogP contribution in [-0.2, 0) is 19.3 Å². The first kappa shape index (κ1) is 18.6. The summed E-state index contributed by atoms with van der Waals surface area (Å²) in [5.74, 6) is 0.650. The van der Waals surface area contributed by atoms with Gasteiger partial charge in [-0.3, -0.25) is 4.98 Å². The van der Waals surface area contributed by atoms with Crippen molar-refractivity contribution in [2.45, 2.75) is 41.9 Å². The van der Waals surface area contributed by atoms with Gasteiger partial charge in [0.15, 0.2) is 9.84 Å². The van der Waals surface area contributed by atoms with Crippen molar-refractivity contribution in [3.63, 3.8) is 0 Å². The van der Waals surface area contributed by atoms with E-state index in [2.05, 4.69) is 19.9 Å². The molecule has 1 saturated heterocycles. The maximum absolute atomic E-state index is 13.4. The quantitative estimate of drug-likeness (QED) is 0.718. The molecular weight excluding hydrogens is 388 g/mol. The summed E-state index contributed by atoms with van der Waals surface area (Å²) in [5.41, 5.74) is 0.472. The maximum Gasteiger partial charge on any atom is 0.224 e. The SMILES string of the molecule is C[C@H]1COCCN1c1cc(C2(S(=O)(=O)c3ccncc3)CCC2)nc(Cl)n1. The Hall–Kier alpha value is -1.77. The lowest BCUT2D eigenvalue weighted by Crippen LogP contribution is -2.45. The lowest BCUT2D eigenvalue weighted by molar-refractivity contribution is 0.0985. The van der Waals surface area contributed by atoms with Crippen LogP contribution in [0.5, 0.6) is 0 Å². The molecule has 1 saturated carbocycles. The zero-order chi connectivity index (χ0) is 19.1. The fraction of sp³-hybridized carbons (Fsp3) is 0.500. The molecule has 0 radical (unpaired) electrons. The van der Waals surface area contributed by atoms with E-state index in [0.717, 1.165) is 6.42 Å². The number of nitrogens with zero attached hydrogens (tertiary/aromatic N) is 4. The van der Waals surface area contributed by atoms with Gasteiger partial charge < -0.3 is 9.64 Å². The molecule has 0 bridgehead atoms. The van der Waals surface area contributed by atoms with E-state index in [0.29, 0.717) is 44.1 Å². The third-order valence-electron chi connectivity index (χ3n) is 5.45. The zero-order valence-electron chi connectivity index (χ0n) is 15.0. The number of aromatic nitrogens is 3. The number of hydrogen-bond donors (Lipinski definition) is 0. The molecule has 9 heteroatoms. The molecule has 2 aromatic rings. The van der Waals surface area contributed by atoms with E-state index in [-0.39, 0.29) is 16.2 Å². The summed E-state index contributed by atoms with van der Waals surface area (Å²) in [5, 5.41) is 0.0670. The van der Waals surface area contributed by atoms with Gasteiger partial charge in [-0.15, -0.1) is 0 Å². The maximum atomic E-state index is 13.4. The second-order valence-corrected chi connectivity index (χ2v) is 9.63. The van der Waals surface area contributed by atoms with Gasteiger partial charge in [-0.05, 0) is 49.9 Å². The highest BCUT2D eigenvalue weighted by Gasteiger charge is 2.52. The van der Waals surface area contributed by atoms with Crippen molar-refractivity contribution in [1.29, 1.82) is 0 Å². The third kappa shape index (κ3) is 3.09. The Kier molecular flexibility index (Phi) is 4.82. The van der Waals surface area contributed by atoms with E-state index < -0.39 is 14.6 Å².